The Balaban J connectivity index is 2.40. The molecular formula is C19H30N4S. The zero-order valence-corrected chi connectivity index (χ0v) is 16.1. The van der Waals surface area contributed by atoms with Crippen LogP contribution in [0.3, 0.4) is 0 Å². The number of anilines is 1. The molecule has 1 N–H and O–H groups in total. The van der Waals surface area contributed by atoms with E-state index >= 15 is 0 Å². The van der Waals surface area contributed by atoms with E-state index in [0.717, 1.165) is 30.1 Å². The number of allylic oxidation sites excluding steroid dienone is 3. The number of hydrogen-bond donors (Lipinski definition) is 2. The van der Waals surface area contributed by atoms with Crippen LogP contribution in [0.15, 0.2) is 59.4 Å². The van der Waals surface area contributed by atoms with Crippen molar-refractivity contribution in [3.05, 3.63) is 54.3 Å². The van der Waals surface area contributed by atoms with Crippen molar-refractivity contribution in [2.75, 3.05) is 37.9 Å². The standard InChI is InChI=1S/C19H30N4S/c1-5-18(11-12-20-13-14-22(3)17(2)16-24)15-21-23(4)19-9-7-6-8-10-19/h5-12,15,17,20,24H,13-14,16H2,1-4H3/b12-11-,18-5+,21-15+. The van der Waals surface area contributed by atoms with E-state index in [-0.39, 0.29) is 0 Å². The first-order valence-corrected chi connectivity index (χ1v) is 8.91. The predicted molar refractivity (Wildman–Crippen MR) is 110 cm³/mol. The average molecular weight is 347 g/mol. The van der Waals surface area contributed by atoms with Crippen LogP contribution in [0, 0.1) is 0 Å². The van der Waals surface area contributed by atoms with Gasteiger partial charge in [-0.3, -0.25) is 5.01 Å². The van der Waals surface area contributed by atoms with Crippen molar-refractivity contribution in [3.8, 4) is 0 Å². The Labute approximate surface area is 152 Å². The van der Waals surface area contributed by atoms with E-state index in [1.54, 1.807) is 0 Å². The molecule has 0 aliphatic carbocycles. The summed E-state index contributed by atoms with van der Waals surface area (Å²) < 4.78 is 0. The quantitative estimate of drug-likeness (QED) is 0.224. The SMILES string of the molecule is C/C=C(\C=C/NCCN(C)C(C)CS)/C=N/N(C)c1ccccc1. The maximum absolute atomic E-state index is 4.47. The lowest BCUT2D eigenvalue weighted by atomic mass is 10.3. The molecule has 0 aliphatic heterocycles. The van der Waals surface area contributed by atoms with E-state index < -0.39 is 0 Å². The van der Waals surface area contributed by atoms with Crippen LogP contribution in [-0.2, 0) is 0 Å². The molecule has 1 rings (SSSR count). The van der Waals surface area contributed by atoms with Gasteiger partial charge in [0.2, 0.25) is 0 Å². The molecule has 0 fully saturated rings. The number of para-hydroxylation sites is 1. The van der Waals surface area contributed by atoms with Gasteiger partial charge < -0.3 is 10.2 Å². The first-order valence-electron chi connectivity index (χ1n) is 8.28. The normalized spacial score (nSPS) is 13.8. The molecule has 0 saturated carbocycles. The fourth-order valence-corrected chi connectivity index (χ4v) is 2.20. The molecule has 1 unspecified atom stereocenters. The second-order valence-corrected chi connectivity index (χ2v) is 6.06. The summed E-state index contributed by atoms with van der Waals surface area (Å²) in [6.45, 7) is 6.09. The molecular weight excluding hydrogens is 316 g/mol. The highest BCUT2D eigenvalue weighted by Crippen LogP contribution is 2.10. The number of benzene rings is 1. The lowest BCUT2D eigenvalue weighted by molar-refractivity contribution is 0.281. The Morgan fingerprint density at radius 1 is 1.29 bits per heavy atom. The summed E-state index contributed by atoms with van der Waals surface area (Å²) in [6.07, 6.45) is 7.91. The lowest BCUT2D eigenvalue weighted by Gasteiger charge is -2.22. The molecule has 0 aromatic heterocycles. The van der Waals surface area contributed by atoms with Crippen molar-refractivity contribution >= 4 is 24.5 Å². The van der Waals surface area contributed by atoms with Gasteiger partial charge in [-0.2, -0.15) is 17.7 Å². The molecule has 4 nitrogen and oxygen atoms in total. The van der Waals surface area contributed by atoms with Crippen LogP contribution in [-0.4, -0.2) is 50.1 Å². The van der Waals surface area contributed by atoms with E-state index in [2.05, 4.69) is 41.9 Å². The third kappa shape index (κ3) is 7.70. The minimum Gasteiger partial charge on any atom is -0.390 e. The molecule has 0 heterocycles. The molecule has 0 bridgehead atoms. The number of nitrogens with one attached hydrogen (secondary N) is 1. The molecule has 24 heavy (non-hydrogen) atoms. The molecule has 1 aromatic carbocycles. The Morgan fingerprint density at radius 3 is 2.62 bits per heavy atom. The number of hydrogen-bond acceptors (Lipinski definition) is 5. The largest absolute Gasteiger partial charge is 0.390 e. The summed E-state index contributed by atoms with van der Waals surface area (Å²) in [7, 11) is 4.06. The van der Waals surface area contributed by atoms with Gasteiger partial charge >= 0.3 is 0 Å². The molecule has 0 radical (unpaired) electrons. The molecule has 0 spiro atoms. The summed E-state index contributed by atoms with van der Waals surface area (Å²) in [5.41, 5.74) is 2.12. The average Bonchev–Trinajstić information content (AvgIpc) is 2.63. The smallest absolute Gasteiger partial charge is 0.0590 e. The van der Waals surface area contributed by atoms with E-state index in [4.69, 9.17) is 0 Å². The van der Waals surface area contributed by atoms with Gasteiger partial charge in [-0.1, -0.05) is 24.3 Å². The van der Waals surface area contributed by atoms with Crippen molar-refractivity contribution in [1.29, 1.82) is 0 Å². The predicted octanol–water partition coefficient (Wildman–Crippen LogP) is 3.41. The van der Waals surface area contributed by atoms with Crippen LogP contribution in [0.5, 0.6) is 0 Å². The van der Waals surface area contributed by atoms with E-state index in [1.165, 1.54) is 0 Å². The van der Waals surface area contributed by atoms with Crippen molar-refractivity contribution in [2.45, 2.75) is 19.9 Å². The Kier molecular flexibility index (Phi) is 9.96. The zero-order valence-electron chi connectivity index (χ0n) is 15.2. The third-order valence-electron chi connectivity index (χ3n) is 3.86. The van der Waals surface area contributed by atoms with Gasteiger partial charge in [0.05, 0.1) is 11.9 Å². The lowest BCUT2D eigenvalue weighted by Crippen LogP contribution is -2.35. The molecule has 1 aromatic rings. The van der Waals surface area contributed by atoms with Crippen LogP contribution in [0.4, 0.5) is 5.69 Å². The van der Waals surface area contributed by atoms with E-state index in [0.29, 0.717) is 6.04 Å². The maximum Gasteiger partial charge on any atom is 0.0590 e. The zero-order chi connectivity index (χ0) is 17.8. The summed E-state index contributed by atoms with van der Waals surface area (Å²) in [4.78, 5) is 2.29. The van der Waals surface area contributed by atoms with Gasteiger partial charge in [-0.25, -0.2) is 0 Å². The van der Waals surface area contributed by atoms with Crippen LogP contribution < -0.4 is 10.3 Å². The topological polar surface area (TPSA) is 30.9 Å². The van der Waals surface area contributed by atoms with Crippen LogP contribution >= 0.6 is 12.6 Å². The monoisotopic (exact) mass is 346 g/mol. The second-order valence-electron chi connectivity index (χ2n) is 5.69. The van der Waals surface area contributed by atoms with Crippen LogP contribution in [0.1, 0.15) is 13.8 Å². The van der Waals surface area contributed by atoms with Crippen molar-refractivity contribution in [1.82, 2.24) is 10.2 Å². The van der Waals surface area contributed by atoms with Gasteiger partial charge in [0, 0.05) is 31.9 Å². The number of thiol groups is 1. The molecule has 0 amide bonds. The minimum absolute atomic E-state index is 0.492. The molecule has 0 aliphatic rings. The Morgan fingerprint density at radius 2 is 2.00 bits per heavy atom. The number of nitrogens with zero attached hydrogens (tertiary/aromatic N) is 3. The second kappa shape index (κ2) is 11.8. The third-order valence-corrected chi connectivity index (χ3v) is 4.39. The molecule has 132 valence electrons. The van der Waals surface area contributed by atoms with Gasteiger partial charge in [-0.15, -0.1) is 0 Å². The van der Waals surface area contributed by atoms with Crippen molar-refractivity contribution < 1.29 is 0 Å². The number of likely N-dealkylation sites (N-methyl/N-ethyl adjacent to an activating group) is 1. The van der Waals surface area contributed by atoms with Crippen molar-refractivity contribution in [3.63, 3.8) is 0 Å². The highest BCUT2D eigenvalue weighted by molar-refractivity contribution is 7.80. The first kappa shape index (κ1) is 20.3. The highest BCUT2D eigenvalue weighted by Gasteiger charge is 2.04. The van der Waals surface area contributed by atoms with Crippen LogP contribution in [0.25, 0.3) is 0 Å². The molecule has 5 heteroatoms. The summed E-state index contributed by atoms with van der Waals surface area (Å²) in [6, 6.07) is 10.6. The van der Waals surface area contributed by atoms with Gasteiger partial charge in [0.15, 0.2) is 0 Å². The highest BCUT2D eigenvalue weighted by atomic mass is 32.1. The Bertz CT molecular complexity index is 540. The summed E-state index contributed by atoms with van der Waals surface area (Å²) >= 11 is 4.32. The minimum atomic E-state index is 0.492. The molecule has 1 atom stereocenters. The number of hydrazone groups is 1. The summed E-state index contributed by atoms with van der Waals surface area (Å²) in [5, 5.41) is 9.65. The van der Waals surface area contributed by atoms with Gasteiger partial charge in [0.25, 0.3) is 0 Å². The maximum atomic E-state index is 4.47. The van der Waals surface area contributed by atoms with Gasteiger partial charge in [-0.05, 0) is 50.9 Å². The fraction of sp³-hybridized carbons (Fsp3) is 0.421. The van der Waals surface area contributed by atoms with Gasteiger partial charge in [0.1, 0.15) is 0 Å². The fourth-order valence-electron chi connectivity index (χ4n) is 1.92. The van der Waals surface area contributed by atoms with E-state index in [1.807, 2.05) is 73.9 Å². The Hall–Kier alpha value is -1.72. The van der Waals surface area contributed by atoms with Crippen molar-refractivity contribution in [2.24, 2.45) is 5.10 Å². The molecule has 0 saturated heterocycles. The van der Waals surface area contributed by atoms with Crippen LogP contribution in [0.2, 0.25) is 0 Å². The summed E-state index contributed by atoms with van der Waals surface area (Å²) in [5.74, 6) is 0.875. The van der Waals surface area contributed by atoms with E-state index in [9.17, 15) is 0 Å². The number of rotatable bonds is 10. The first-order chi connectivity index (χ1) is 11.6.